The van der Waals surface area contributed by atoms with E-state index in [2.05, 4.69) is 20.9 Å². The topological polar surface area (TPSA) is 78.7 Å². The van der Waals surface area contributed by atoms with Crippen LogP contribution >= 0.6 is 0 Å². The number of nitrogens with one attached hydrogen (secondary N) is 3. The minimum Gasteiger partial charge on any atom is -0.467 e. The number of carbonyl (C=O) groups is 1. The van der Waals surface area contributed by atoms with Gasteiger partial charge in [0.05, 0.1) is 12.8 Å². The summed E-state index contributed by atoms with van der Waals surface area (Å²) >= 11 is 0. The number of furan rings is 1. The van der Waals surface area contributed by atoms with Gasteiger partial charge in [0.2, 0.25) is 5.91 Å². The number of hydrogen-bond acceptors (Lipinski definition) is 3. The van der Waals surface area contributed by atoms with Crippen molar-refractivity contribution in [3.8, 4) is 0 Å². The standard InChI is InChI=1S/C19H25FN4O2/c1-3-21-19(22-9-8-15-6-7-16(20)11-14(15)2)24-13-18(25)23-12-17-5-4-10-26-17/h4-7,10-11H,3,8-9,12-13H2,1-2H3,(H,23,25)(H2,21,22,24). The molecule has 0 aliphatic carbocycles. The van der Waals surface area contributed by atoms with Gasteiger partial charge in [0.25, 0.3) is 0 Å². The first-order chi connectivity index (χ1) is 12.6. The lowest BCUT2D eigenvalue weighted by molar-refractivity contribution is -0.119. The van der Waals surface area contributed by atoms with E-state index >= 15 is 0 Å². The Labute approximate surface area is 152 Å². The molecule has 7 heteroatoms. The molecular weight excluding hydrogens is 335 g/mol. The maximum atomic E-state index is 13.1. The van der Waals surface area contributed by atoms with Crippen LogP contribution < -0.4 is 16.0 Å². The number of guanidine groups is 1. The summed E-state index contributed by atoms with van der Waals surface area (Å²) in [5, 5.41) is 9.03. The van der Waals surface area contributed by atoms with Crippen LogP contribution in [0.2, 0.25) is 0 Å². The van der Waals surface area contributed by atoms with Crippen molar-refractivity contribution in [1.29, 1.82) is 0 Å². The molecule has 1 heterocycles. The number of rotatable bonds is 8. The van der Waals surface area contributed by atoms with Gasteiger partial charge in [0, 0.05) is 13.1 Å². The van der Waals surface area contributed by atoms with Crippen molar-refractivity contribution in [3.63, 3.8) is 0 Å². The lowest BCUT2D eigenvalue weighted by Crippen LogP contribution is -2.39. The van der Waals surface area contributed by atoms with Crippen LogP contribution in [0.15, 0.2) is 46.0 Å². The molecule has 0 aliphatic heterocycles. The highest BCUT2D eigenvalue weighted by Crippen LogP contribution is 2.10. The van der Waals surface area contributed by atoms with Gasteiger partial charge in [-0.15, -0.1) is 0 Å². The quantitative estimate of drug-likeness (QED) is 0.498. The average Bonchev–Trinajstić information content (AvgIpc) is 3.13. The van der Waals surface area contributed by atoms with Crippen molar-refractivity contribution in [1.82, 2.24) is 16.0 Å². The fraction of sp³-hybridized carbons (Fsp3) is 0.368. The fourth-order valence-corrected chi connectivity index (χ4v) is 2.40. The summed E-state index contributed by atoms with van der Waals surface area (Å²) in [6.07, 6.45) is 2.30. The molecule has 6 nitrogen and oxygen atoms in total. The molecule has 140 valence electrons. The summed E-state index contributed by atoms with van der Waals surface area (Å²) in [6.45, 7) is 5.53. The smallest absolute Gasteiger partial charge is 0.242 e. The predicted molar refractivity (Wildman–Crippen MR) is 99.4 cm³/mol. The van der Waals surface area contributed by atoms with Crippen LogP contribution in [0.5, 0.6) is 0 Å². The molecule has 0 bridgehead atoms. The lowest BCUT2D eigenvalue weighted by atomic mass is 10.1. The summed E-state index contributed by atoms with van der Waals surface area (Å²) in [4.78, 5) is 16.1. The van der Waals surface area contributed by atoms with Crippen molar-refractivity contribution >= 4 is 11.9 Å². The zero-order chi connectivity index (χ0) is 18.8. The third kappa shape index (κ3) is 6.58. The Kier molecular flexibility index (Phi) is 7.67. The molecule has 0 atom stereocenters. The Bertz CT molecular complexity index is 729. The van der Waals surface area contributed by atoms with E-state index in [0.717, 1.165) is 17.5 Å². The highest BCUT2D eigenvalue weighted by atomic mass is 19.1. The molecule has 2 rings (SSSR count). The molecule has 0 radical (unpaired) electrons. The molecule has 0 saturated heterocycles. The molecule has 3 N–H and O–H groups in total. The first-order valence-electron chi connectivity index (χ1n) is 8.64. The minimum absolute atomic E-state index is 0.0195. The molecular formula is C19H25FN4O2. The first kappa shape index (κ1) is 19.5. The Morgan fingerprint density at radius 1 is 1.23 bits per heavy atom. The van der Waals surface area contributed by atoms with E-state index < -0.39 is 0 Å². The van der Waals surface area contributed by atoms with Gasteiger partial charge in [0.15, 0.2) is 5.96 Å². The third-order valence-corrected chi connectivity index (χ3v) is 3.76. The monoisotopic (exact) mass is 360 g/mol. The summed E-state index contributed by atoms with van der Waals surface area (Å²) < 4.78 is 18.3. The Balaban J connectivity index is 1.78. The molecule has 0 fully saturated rings. The van der Waals surface area contributed by atoms with Crippen LogP contribution in [-0.2, 0) is 17.8 Å². The molecule has 2 aromatic rings. The van der Waals surface area contributed by atoms with Crippen LogP contribution in [0.25, 0.3) is 0 Å². The molecule has 26 heavy (non-hydrogen) atoms. The van der Waals surface area contributed by atoms with Crippen LogP contribution in [0.4, 0.5) is 4.39 Å². The largest absolute Gasteiger partial charge is 0.467 e. The number of nitrogens with zero attached hydrogens (tertiary/aromatic N) is 1. The average molecular weight is 360 g/mol. The first-order valence-corrected chi connectivity index (χ1v) is 8.64. The highest BCUT2D eigenvalue weighted by Gasteiger charge is 2.04. The van der Waals surface area contributed by atoms with E-state index in [4.69, 9.17) is 4.42 Å². The van der Waals surface area contributed by atoms with Crippen molar-refractivity contribution in [3.05, 3.63) is 59.3 Å². The van der Waals surface area contributed by atoms with Gasteiger partial charge in [-0.1, -0.05) is 6.07 Å². The summed E-state index contributed by atoms with van der Waals surface area (Å²) in [5.74, 6) is 0.852. The molecule has 1 aromatic carbocycles. The third-order valence-electron chi connectivity index (χ3n) is 3.76. The maximum absolute atomic E-state index is 13.1. The zero-order valence-corrected chi connectivity index (χ0v) is 15.1. The molecule has 0 unspecified atom stereocenters. The molecule has 0 saturated carbocycles. The Morgan fingerprint density at radius 3 is 2.77 bits per heavy atom. The number of hydrogen-bond donors (Lipinski definition) is 3. The van der Waals surface area contributed by atoms with E-state index in [-0.39, 0.29) is 18.3 Å². The molecule has 0 spiro atoms. The van der Waals surface area contributed by atoms with Gasteiger partial charge in [0.1, 0.15) is 18.1 Å². The van der Waals surface area contributed by atoms with Crippen LogP contribution in [0, 0.1) is 12.7 Å². The fourth-order valence-electron chi connectivity index (χ4n) is 2.40. The molecule has 1 aromatic heterocycles. The Hall–Kier alpha value is -2.83. The predicted octanol–water partition coefficient (Wildman–Crippen LogP) is 2.14. The van der Waals surface area contributed by atoms with Crippen molar-refractivity contribution in [2.24, 2.45) is 4.99 Å². The summed E-state index contributed by atoms with van der Waals surface area (Å²) in [6, 6.07) is 8.35. The summed E-state index contributed by atoms with van der Waals surface area (Å²) in [7, 11) is 0. The van der Waals surface area contributed by atoms with E-state index in [1.54, 1.807) is 24.5 Å². The van der Waals surface area contributed by atoms with Crippen molar-refractivity contribution in [2.45, 2.75) is 26.8 Å². The van der Waals surface area contributed by atoms with E-state index in [9.17, 15) is 9.18 Å². The molecule has 1 amide bonds. The van der Waals surface area contributed by atoms with Crippen LogP contribution in [-0.4, -0.2) is 31.5 Å². The van der Waals surface area contributed by atoms with Gasteiger partial charge in [-0.05, 0) is 55.7 Å². The van der Waals surface area contributed by atoms with Gasteiger partial charge >= 0.3 is 0 Å². The zero-order valence-electron chi connectivity index (χ0n) is 15.1. The number of benzene rings is 1. The minimum atomic E-state index is -0.227. The van der Waals surface area contributed by atoms with E-state index in [1.165, 1.54) is 12.1 Å². The second kappa shape index (κ2) is 10.2. The van der Waals surface area contributed by atoms with Gasteiger partial charge in [-0.2, -0.15) is 0 Å². The second-order valence-corrected chi connectivity index (χ2v) is 5.80. The van der Waals surface area contributed by atoms with E-state index in [0.29, 0.717) is 31.4 Å². The number of halogens is 1. The highest BCUT2D eigenvalue weighted by molar-refractivity contribution is 5.84. The summed E-state index contributed by atoms with van der Waals surface area (Å²) in [5.41, 5.74) is 2.00. The molecule has 0 aliphatic rings. The van der Waals surface area contributed by atoms with Crippen molar-refractivity contribution < 1.29 is 13.6 Å². The van der Waals surface area contributed by atoms with Gasteiger partial charge in [-0.25, -0.2) is 9.38 Å². The van der Waals surface area contributed by atoms with E-state index in [1.807, 2.05) is 13.8 Å². The Morgan fingerprint density at radius 2 is 2.08 bits per heavy atom. The second-order valence-electron chi connectivity index (χ2n) is 5.80. The van der Waals surface area contributed by atoms with Crippen LogP contribution in [0.3, 0.4) is 0 Å². The number of aryl methyl sites for hydroxylation is 1. The number of aliphatic imine (C=N–C) groups is 1. The van der Waals surface area contributed by atoms with Gasteiger partial charge < -0.3 is 20.4 Å². The SMILES string of the molecule is CCNC(=NCC(=O)NCc1ccco1)NCCc1ccc(F)cc1C. The normalized spacial score (nSPS) is 11.3. The maximum Gasteiger partial charge on any atom is 0.242 e. The number of amides is 1. The lowest BCUT2D eigenvalue weighted by Gasteiger charge is -2.12. The van der Waals surface area contributed by atoms with Crippen LogP contribution in [0.1, 0.15) is 23.8 Å². The van der Waals surface area contributed by atoms with Crippen molar-refractivity contribution in [2.75, 3.05) is 19.6 Å². The number of carbonyl (C=O) groups excluding carboxylic acids is 1. The van der Waals surface area contributed by atoms with Gasteiger partial charge in [-0.3, -0.25) is 4.79 Å².